The molecule has 1 aliphatic rings. The lowest BCUT2D eigenvalue weighted by molar-refractivity contribution is 0.0697. The zero-order chi connectivity index (χ0) is 14.7. The Morgan fingerprint density at radius 1 is 1.50 bits per heavy atom. The van der Waals surface area contributed by atoms with Crippen molar-refractivity contribution in [2.75, 3.05) is 25.1 Å². The number of nitrogens with one attached hydrogen (secondary N) is 1. The number of aromatic carboxylic acids is 1. The van der Waals surface area contributed by atoms with E-state index in [0.717, 1.165) is 10.9 Å². The minimum atomic E-state index is -0.967. The van der Waals surface area contributed by atoms with Crippen LogP contribution in [0.4, 0.5) is 10.5 Å². The number of rotatable bonds is 3. The molecule has 20 heavy (non-hydrogen) atoms. The molecule has 1 unspecified atom stereocenters. The fraction of sp³-hybridized carbons (Fsp3) is 0.385. The molecule has 7 heteroatoms. The molecule has 0 saturated carbocycles. The van der Waals surface area contributed by atoms with Gasteiger partial charge in [-0.05, 0) is 24.6 Å². The molecule has 6 nitrogen and oxygen atoms in total. The predicted octanol–water partition coefficient (Wildman–Crippen LogP) is 2.08. The van der Waals surface area contributed by atoms with Crippen molar-refractivity contribution in [3.8, 4) is 0 Å². The summed E-state index contributed by atoms with van der Waals surface area (Å²) < 4.78 is 5.29. The number of carboxylic acids is 1. The van der Waals surface area contributed by atoms with Crippen LogP contribution in [0.3, 0.4) is 0 Å². The van der Waals surface area contributed by atoms with Gasteiger partial charge in [0.25, 0.3) is 0 Å². The SMILES string of the molecule is COC(=O)NC1CCN(c2ccc(Br)cc2C(=O)O)C1. The summed E-state index contributed by atoms with van der Waals surface area (Å²) in [6.45, 7) is 1.26. The van der Waals surface area contributed by atoms with E-state index in [-0.39, 0.29) is 11.6 Å². The molecule has 0 radical (unpaired) electrons. The minimum absolute atomic E-state index is 0.0345. The van der Waals surface area contributed by atoms with Crippen molar-refractivity contribution in [2.45, 2.75) is 12.5 Å². The molecule has 0 aliphatic carbocycles. The first-order chi connectivity index (χ1) is 9.51. The number of anilines is 1. The highest BCUT2D eigenvalue weighted by atomic mass is 79.9. The van der Waals surface area contributed by atoms with Crippen LogP contribution in [0.1, 0.15) is 16.8 Å². The van der Waals surface area contributed by atoms with Gasteiger partial charge in [0.1, 0.15) is 0 Å². The Balaban J connectivity index is 2.14. The number of hydrogen-bond donors (Lipinski definition) is 2. The van der Waals surface area contributed by atoms with Gasteiger partial charge >= 0.3 is 12.1 Å². The third kappa shape index (κ3) is 3.22. The maximum absolute atomic E-state index is 11.3. The molecule has 1 amide bonds. The Morgan fingerprint density at radius 3 is 2.90 bits per heavy atom. The van der Waals surface area contributed by atoms with Gasteiger partial charge in [0.15, 0.2) is 0 Å². The van der Waals surface area contributed by atoms with Crippen molar-refractivity contribution < 1.29 is 19.4 Å². The highest BCUT2D eigenvalue weighted by molar-refractivity contribution is 9.10. The van der Waals surface area contributed by atoms with Gasteiger partial charge in [-0.1, -0.05) is 15.9 Å². The fourth-order valence-corrected chi connectivity index (χ4v) is 2.64. The van der Waals surface area contributed by atoms with Gasteiger partial charge in [-0.3, -0.25) is 0 Å². The van der Waals surface area contributed by atoms with E-state index in [0.29, 0.717) is 18.8 Å². The van der Waals surface area contributed by atoms with Gasteiger partial charge in [0.05, 0.1) is 24.4 Å². The molecular formula is C13H15BrN2O4. The van der Waals surface area contributed by atoms with Gasteiger partial charge in [0.2, 0.25) is 0 Å². The Bertz CT molecular complexity index is 535. The minimum Gasteiger partial charge on any atom is -0.478 e. The van der Waals surface area contributed by atoms with E-state index in [1.807, 2.05) is 11.0 Å². The van der Waals surface area contributed by atoms with E-state index >= 15 is 0 Å². The van der Waals surface area contributed by atoms with Gasteiger partial charge in [-0.25, -0.2) is 9.59 Å². The largest absolute Gasteiger partial charge is 0.478 e. The number of carboxylic acid groups (broad SMARTS) is 1. The molecule has 108 valence electrons. The summed E-state index contributed by atoms with van der Waals surface area (Å²) in [4.78, 5) is 24.4. The Labute approximate surface area is 124 Å². The number of halogens is 1. The van der Waals surface area contributed by atoms with Crippen LogP contribution in [0, 0.1) is 0 Å². The summed E-state index contributed by atoms with van der Waals surface area (Å²) >= 11 is 3.27. The van der Waals surface area contributed by atoms with Crippen molar-refractivity contribution in [1.82, 2.24) is 5.32 Å². The van der Waals surface area contributed by atoms with Crippen LogP contribution in [0.25, 0.3) is 0 Å². The van der Waals surface area contributed by atoms with Crippen LogP contribution >= 0.6 is 15.9 Å². The fourth-order valence-electron chi connectivity index (χ4n) is 2.28. The third-order valence-corrected chi connectivity index (χ3v) is 3.72. The van der Waals surface area contributed by atoms with E-state index in [2.05, 4.69) is 26.0 Å². The van der Waals surface area contributed by atoms with Gasteiger partial charge < -0.3 is 20.1 Å². The van der Waals surface area contributed by atoms with Crippen molar-refractivity contribution in [1.29, 1.82) is 0 Å². The molecule has 0 aromatic heterocycles. The summed E-state index contributed by atoms with van der Waals surface area (Å²) in [6, 6.07) is 5.13. The standard InChI is InChI=1S/C13H15BrN2O4/c1-20-13(19)15-9-4-5-16(7-9)11-3-2-8(14)6-10(11)12(17)18/h2-3,6,9H,4-5,7H2,1H3,(H,15,19)(H,17,18). The van der Waals surface area contributed by atoms with E-state index in [4.69, 9.17) is 0 Å². The van der Waals surface area contributed by atoms with Gasteiger partial charge in [-0.15, -0.1) is 0 Å². The number of benzene rings is 1. The molecule has 1 aliphatic heterocycles. The zero-order valence-corrected chi connectivity index (χ0v) is 12.5. The number of nitrogens with zero attached hydrogens (tertiary/aromatic N) is 1. The number of carbonyl (C=O) groups excluding carboxylic acids is 1. The van der Waals surface area contributed by atoms with Crippen molar-refractivity contribution in [3.63, 3.8) is 0 Å². The van der Waals surface area contributed by atoms with E-state index < -0.39 is 12.1 Å². The molecule has 0 spiro atoms. The second-order valence-electron chi connectivity index (χ2n) is 4.53. The molecule has 1 atom stereocenters. The molecule has 1 fully saturated rings. The van der Waals surface area contributed by atoms with E-state index in [1.165, 1.54) is 7.11 Å². The molecule has 2 rings (SSSR count). The number of alkyl carbamates (subject to hydrolysis) is 1. The van der Waals surface area contributed by atoms with E-state index in [1.54, 1.807) is 12.1 Å². The van der Waals surface area contributed by atoms with Gasteiger partial charge in [-0.2, -0.15) is 0 Å². The Hall–Kier alpha value is -1.76. The summed E-state index contributed by atoms with van der Waals surface area (Å²) in [5.74, 6) is -0.967. The van der Waals surface area contributed by atoms with Crippen LogP contribution < -0.4 is 10.2 Å². The van der Waals surface area contributed by atoms with Crippen LogP contribution in [-0.2, 0) is 4.74 Å². The van der Waals surface area contributed by atoms with Crippen LogP contribution in [-0.4, -0.2) is 43.4 Å². The van der Waals surface area contributed by atoms with Crippen molar-refractivity contribution >= 4 is 33.7 Å². The number of carbonyl (C=O) groups is 2. The third-order valence-electron chi connectivity index (χ3n) is 3.23. The van der Waals surface area contributed by atoms with Crippen molar-refractivity contribution in [3.05, 3.63) is 28.2 Å². The average Bonchev–Trinajstić information content (AvgIpc) is 2.86. The first kappa shape index (κ1) is 14.6. The predicted molar refractivity (Wildman–Crippen MR) is 77.3 cm³/mol. The molecule has 1 heterocycles. The maximum atomic E-state index is 11.3. The normalized spacial score (nSPS) is 17.9. The number of hydrogen-bond acceptors (Lipinski definition) is 4. The number of methoxy groups -OCH3 is 1. The smallest absolute Gasteiger partial charge is 0.407 e. The van der Waals surface area contributed by atoms with Crippen LogP contribution in [0.2, 0.25) is 0 Å². The molecular weight excluding hydrogens is 328 g/mol. The van der Waals surface area contributed by atoms with Crippen LogP contribution in [0.5, 0.6) is 0 Å². The maximum Gasteiger partial charge on any atom is 0.407 e. The summed E-state index contributed by atoms with van der Waals surface area (Å²) in [5.41, 5.74) is 0.910. The molecule has 0 bridgehead atoms. The van der Waals surface area contributed by atoms with Crippen molar-refractivity contribution in [2.24, 2.45) is 0 Å². The summed E-state index contributed by atoms with van der Waals surface area (Å²) in [5, 5.41) is 12.0. The lowest BCUT2D eigenvalue weighted by Crippen LogP contribution is -2.37. The Kier molecular flexibility index (Phi) is 4.49. The second kappa shape index (κ2) is 6.13. The van der Waals surface area contributed by atoms with E-state index in [9.17, 15) is 14.7 Å². The quantitative estimate of drug-likeness (QED) is 0.879. The zero-order valence-electron chi connectivity index (χ0n) is 10.9. The monoisotopic (exact) mass is 342 g/mol. The summed E-state index contributed by atoms with van der Waals surface area (Å²) in [7, 11) is 1.32. The summed E-state index contributed by atoms with van der Waals surface area (Å²) in [6.07, 6.45) is 0.288. The molecule has 2 N–H and O–H groups in total. The Morgan fingerprint density at radius 2 is 2.25 bits per heavy atom. The molecule has 1 aromatic rings. The van der Waals surface area contributed by atoms with Gasteiger partial charge in [0, 0.05) is 17.6 Å². The second-order valence-corrected chi connectivity index (χ2v) is 5.45. The molecule has 1 saturated heterocycles. The highest BCUT2D eigenvalue weighted by Crippen LogP contribution is 2.27. The first-order valence-corrected chi connectivity index (χ1v) is 6.93. The molecule has 1 aromatic carbocycles. The first-order valence-electron chi connectivity index (χ1n) is 6.13. The number of ether oxygens (including phenoxy) is 1. The average molecular weight is 343 g/mol. The highest BCUT2D eigenvalue weighted by Gasteiger charge is 2.27. The topological polar surface area (TPSA) is 78.9 Å². The van der Waals surface area contributed by atoms with Crippen LogP contribution in [0.15, 0.2) is 22.7 Å². The number of amides is 1. The lowest BCUT2D eigenvalue weighted by Gasteiger charge is -2.21. The lowest BCUT2D eigenvalue weighted by atomic mass is 10.1.